The number of nitrogen functional groups attached to an aromatic ring is 1. The summed E-state index contributed by atoms with van der Waals surface area (Å²) in [4.78, 5) is 14.6. The quantitative estimate of drug-likeness (QED) is 0.798. The van der Waals surface area contributed by atoms with E-state index in [4.69, 9.17) is 5.73 Å². The summed E-state index contributed by atoms with van der Waals surface area (Å²) in [6.45, 7) is 5.16. The van der Waals surface area contributed by atoms with Crippen molar-refractivity contribution in [2.75, 3.05) is 19.3 Å². The van der Waals surface area contributed by atoms with Crippen LogP contribution in [-0.2, 0) is 0 Å². The number of likely N-dealkylation sites (tertiary alicyclic amines) is 1. The molecule has 1 aliphatic heterocycles. The van der Waals surface area contributed by atoms with E-state index in [0.717, 1.165) is 24.9 Å². The molecule has 4 heteroatoms. The summed E-state index contributed by atoms with van der Waals surface area (Å²) in [5, 5.41) is 3.13. The van der Waals surface area contributed by atoms with Gasteiger partial charge < -0.3 is 16.0 Å². The van der Waals surface area contributed by atoms with Crippen molar-refractivity contribution < 1.29 is 4.79 Å². The number of amides is 1. The molecule has 0 bridgehead atoms. The van der Waals surface area contributed by atoms with Crippen molar-refractivity contribution in [3.63, 3.8) is 0 Å². The molecular formula is C15H23N3O. The summed E-state index contributed by atoms with van der Waals surface area (Å²) in [5.74, 6) is -0.00782. The molecule has 1 fully saturated rings. The molecule has 1 amide bonds. The van der Waals surface area contributed by atoms with E-state index >= 15 is 0 Å². The second-order valence-corrected chi connectivity index (χ2v) is 5.60. The van der Waals surface area contributed by atoms with E-state index < -0.39 is 0 Å². The average Bonchev–Trinajstić information content (AvgIpc) is 2.36. The van der Waals surface area contributed by atoms with E-state index in [2.05, 4.69) is 24.2 Å². The molecule has 4 nitrogen and oxygen atoms in total. The maximum atomic E-state index is 12.3. The van der Waals surface area contributed by atoms with Crippen LogP contribution in [0.2, 0.25) is 0 Å². The zero-order valence-corrected chi connectivity index (χ0v) is 11.9. The lowest BCUT2D eigenvalue weighted by Crippen LogP contribution is -2.47. The maximum absolute atomic E-state index is 12.3. The van der Waals surface area contributed by atoms with E-state index in [1.807, 2.05) is 19.1 Å². The van der Waals surface area contributed by atoms with Crippen LogP contribution in [0, 0.1) is 6.92 Å². The Balaban J connectivity index is 2.03. The van der Waals surface area contributed by atoms with Gasteiger partial charge in [-0.1, -0.05) is 6.07 Å². The predicted molar refractivity (Wildman–Crippen MR) is 78.2 cm³/mol. The van der Waals surface area contributed by atoms with Crippen LogP contribution in [0.4, 0.5) is 5.69 Å². The summed E-state index contributed by atoms with van der Waals surface area (Å²) < 4.78 is 0. The number of hydrogen-bond acceptors (Lipinski definition) is 3. The van der Waals surface area contributed by atoms with Crippen LogP contribution in [0.1, 0.15) is 35.7 Å². The van der Waals surface area contributed by atoms with Gasteiger partial charge in [0.15, 0.2) is 0 Å². The Morgan fingerprint density at radius 3 is 2.89 bits per heavy atom. The number of hydrogen-bond donors (Lipinski definition) is 2. The van der Waals surface area contributed by atoms with Crippen LogP contribution in [0.15, 0.2) is 18.2 Å². The van der Waals surface area contributed by atoms with Crippen molar-refractivity contribution in [2.45, 2.75) is 38.8 Å². The number of nitrogens with two attached hydrogens (primary N) is 1. The second-order valence-electron chi connectivity index (χ2n) is 5.60. The number of nitrogens with one attached hydrogen (secondary N) is 1. The molecule has 2 rings (SSSR count). The first-order chi connectivity index (χ1) is 8.97. The van der Waals surface area contributed by atoms with Crippen LogP contribution in [-0.4, -0.2) is 36.5 Å². The van der Waals surface area contributed by atoms with E-state index in [1.54, 1.807) is 6.07 Å². The van der Waals surface area contributed by atoms with Crippen molar-refractivity contribution >= 4 is 11.6 Å². The van der Waals surface area contributed by atoms with Gasteiger partial charge in [0.1, 0.15) is 0 Å². The highest BCUT2D eigenvalue weighted by Crippen LogP contribution is 2.17. The molecule has 1 saturated heterocycles. The molecule has 0 aliphatic carbocycles. The number of piperidine rings is 1. The van der Waals surface area contributed by atoms with E-state index in [-0.39, 0.29) is 11.9 Å². The smallest absolute Gasteiger partial charge is 0.251 e. The van der Waals surface area contributed by atoms with Crippen molar-refractivity contribution in [1.82, 2.24) is 10.2 Å². The lowest BCUT2D eigenvalue weighted by Gasteiger charge is -2.35. The lowest BCUT2D eigenvalue weighted by molar-refractivity contribution is 0.0896. The normalized spacial score (nSPS) is 24.2. The average molecular weight is 261 g/mol. The fourth-order valence-corrected chi connectivity index (χ4v) is 2.57. The van der Waals surface area contributed by atoms with Crippen LogP contribution in [0.3, 0.4) is 0 Å². The third-order valence-corrected chi connectivity index (χ3v) is 4.05. The highest BCUT2D eigenvalue weighted by Gasteiger charge is 2.24. The summed E-state index contributed by atoms with van der Waals surface area (Å²) >= 11 is 0. The molecule has 104 valence electrons. The molecule has 3 N–H and O–H groups in total. The molecule has 0 aromatic heterocycles. The van der Waals surface area contributed by atoms with Gasteiger partial charge in [0, 0.05) is 29.9 Å². The largest absolute Gasteiger partial charge is 0.399 e. The molecule has 1 heterocycles. The van der Waals surface area contributed by atoms with Gasteiger partial charge in [-0.2, -0.15) is 0 Å². The van der Waals surface area contributed by atoms with Crippen molar-refractivity contribution in [1.29, 1.82) is 0 Å². The van der Waals surface area contributed by atoms with Crippen LogP contribution >= 0.6 is 0 Å². The van der Waals surface area contributed by atoms with E-state index in [0.29, 0.717) is 17.3 Å². The first-order valence-electron chi connectivity index (χ1n) is 6.84. The number of anilines is 1. The second kappa shape index (κ2) is 5.61. The fourth-order valence-electron chi connectivity index (χ4n) is 2.57. The van der Waals surface area contributed by atoms with Gasteiger partial charge in [0.05, 0.1) is 0 Å². The Bertz CT molecular complexity index is 472. The van der Waals surface area contributed by atoms with Crippen LogP contribution < -0.4 is 11.1 Å². The molecule has 19 heavy (non-hydrogen) atoms. The van der Waals surface area contributed by atoms with Gasteiger partial charge in [0.2, 0.25) is 0 Å². The summed E-state index contributed by atoms with van der Waals surface area (Å²) in [5.41, 5.74) is 8.04. The zero-order valence-electron chi connectivity index (χ0n) is 11.9. The number of benzene rings is 1. The molecule has 2 atom stereocenters. The van der Waals surface area contributed by atoms with Gasteiger partial charge in [-0.3, -0.25) is 4.79 Å². The number of nitrogens with zero attached hydrogens (tertiary/aromatic N) is 1. The maximum Gasteiger partial charge on any atom is 0.251 e. The molecule has 0 saturated carbocycles. The molecule has 1 aromatic rings. The van der Waals surface area contributed by atoms with Gasteiger partial charge in [-0.25, -0.2) is 0 Å². The summed E-state index contributed by atoms with van der Waals surface area (Å²) in [6.07, 6.45) is 2.01. The highest BCUT2D eigenvalue weighted by atomic mass is 16.1. The SMILES string of the molecule is Cc1ccc(N)cc1C(=O)NC1CCN(C)C(C)C1. The Morgan fingerprint density at radius 1 is 1.47 bits per heavy atom. The molecule has 1 aliphatic rings. The summed E-state index contributed by atoms with van der Waals surface area (Å²) in [7, 11) is 2.13. The van der Waals surface area contributed by atoms with Gasteiger partial charge in [0.25, 0.3) is 5.91 Å². The zero-order chi connectivity index (χ0) is 14.0. The van der Waals surface area contributed by atoms with Gasteiger partial charge >= 0.3 is 0 Å². The Hall–Kier alpha value is -1.55. The Morgan fingerprint density at radius 2 is 2.21 bits per heavy atom. The summed E-state index contributed by atoms with van der Waals surface area (Å²) in [6, 6.07) is 6.24. The highest BCUT2D eigenvalue weighted by molar-refractivity contribution is 5.96. The number of rotatable bonds is 2. The number of carbonyl (C=O) groups is 1. The monoisotopic (exact) mass is 261 g/mol. The number of carbonyl (C=O) groups excluding carboxylic acids is 1. The Kier molecular flexibility index (Phi) is 4.10. The van der Waals surface area contributed by atoms with Crippen molar-refractivity contribution in [3.8, 4) is 0 Å². The third kappa shape index (κ3) is 3.26. The minimum absolute atomic E-state index is 0.00782. The molecular weight excluding hydrogens is 238 g/mol. The topological polar surface area (TPSA) is 58.4 Å². The standard InChI is InChI=1S/C15H23N3O/c1-10-4-5-12(16)9-14(10)15(19)17-13-6-7-18(3)11(2)8-13/h4-5,9,11,13H,6-8,16H2,1-3H3,(H,17,19). The van der Waals surface area contributed by atoms with Gasteiger partial charge in [-0.15, -0.1) is 0 Å². The third-order valence-electron chi connectivity index (χ3n) is 4.05. The van der Waals surface area contributed by atoms with Crippen molar-refractivity contribution in [2.24, 2.45) is 0 Å². The fraction of sp³-hybridized carbons (Fsp3) is 0.533. The molecule has 0 spiro atoms. The van der Waals surface area contributed by atoms with Crippen LogP contribution in [0.5, 0.6) is 0 Å². The minimum Gasteiger partial charge on any atom is -0.399 e. The van der Waals surface area contributed by atoms with E-state index in [9.17, 15) is 4.79 Å². The Labute approximate surface area is 115 Å². The number of aryl methyl sites for hydroxylation is 1. The first-order valence-corrected chi connectivity index (χ1v) is 6.84. The first kappa shape index (κ1) is 13.9. The molecule has 0 radical (unpaired) electrons. The van der Waals surface area contributed by atoms with Crippen LogP contribution in [0.25, 0.3) is 0 Å². The molecule has 1 aromatic carbocycles. The van der Waals surface area contributed by atoms with E-state index in [1.165, 1.54) is 0 Å². The van der Waals surface area contributed by atoms with Crippen molar-refractivity contribution in [3.05, 3.63) is 29.3 Å². The lowest BCUT2D eigenvalue weighted by atomic mass is 9.98. The van der Waals surface area contributed by atoms with Gasteiger partial charge in [-0.05, 0) is 51.4 Å². The molecule has 2 unspecified atom stereocenters. The predicted octanol–water partition coefficient (Wildman–Crippen LogP) is 1.79. The minimum atomic E-state index is -0.00782.